The number of likely N-dealkylation sites (N-methyl/N-ethyl adjacent to an activating group) is 1. The van der Waals surface area contributed by atoms with Gasteiger partial charge in [-0.1, -0.05) is 18.2 Å². The molecule has 0 saturated carbocycles. The Morgan fingerprint density at radius 3 is 2.50 bits per heavy atom. The summed E-state index contributed by atoms with van der Waals surface area (Å²) in [6.45, 7) is 1.59. The average Bonchev–Trinajstić information content (AvgIpc) is 2.61. The number of hydrogen-bond donors (Lipinski definition) is 3. The molecule has 2 rings (SSSR count). The van der Waals surface area contributed by atoms with Crippen LogP contribution < -0.4 is 15.5 Å². The lowest BCUT2D eigenvalue weighted by molar-refractivity contribution is -0.885. The van der Waals surface area contributed by atoms with Crippen molar-refractivity contribution >= 4 is 17.3 Å². The van der Waals surface area contributed by atoms with E-state index in [9.17, 15) is 19.3 Å². The Morgan fingerprint density at radius 1 is 1.15 bits per heavy atom. The van der Waals surface area contributed by atoms with Gasteiger partial charge < -0.3 is 15.5 Å². The van der Waals surface area contributed by atoms with Crippen LogP contribution in [0.3, 0.4) is 0 Å². The summed E-state index contributed by atoms with van der Waals surface area (Å²) in [5.74, 6) is -0.385. The van der Waals surface area contributed by atoms with Gasteiger partial charge in [-0.2, -0.15) is 0 Å². The van der Waals surface area contributed by atoms with Crippen LogP contribution in [0.15, 0.2) is 48.5 Å². The first-order valence-corrected chi connectivity index (χ1v) is 8.25. The number of benzene rings is 2. The number of rotatable bonds is 9. The topological polar surface area (TPSA) is 88.7 Å². The molecule has 3 N–H and O–H groups in total. The highest BCUT2D eigenvalue weighted by atomic mass is 19.1. The molecule has 0 radical (unpaired) electrons. The first-order valence-electron chi connectivity index (χ1n) is 8.25. The maximum atomic E-state index is 13.6. The molecule has 0 fully saturated rings. The number of amides is 1. The lowest BCUT2D eigenvalue weighted by Gasteiger charge is -2.14. The van der Waals surface area contributed by atoms with Crippen molar-refractivity contribution < 1.29 is 19.0 Å². The molecule has 7 nitrogen and oxygen atoms in total. The number of hydrogen-bond acceptors (Lipinski definition) is 4. The van der Waals surface area contributed by atoms with Crippen molar-refractivity contribution in [2.24, 2.45) is 0 Å². The Labute approximate surface area is 151 Å². The molecule has 0 saturated heterocycles. The Hall–Kier alpha value is -3.00. The molecule has 0 aliphatic rings. The quantitative estimate of drug-likeness (QED) is 0.353. The van der Waals surface area contributed by atoms with E-state index < -0.39 is 4.92 Å². The van der Waals surface area contributed by atoms with Gasteiger partial charge in [0.1, 0.15) is 12.4 Å². The number of quaternary nitrogens is 1. The maximum Gasteiger partial charge on any atom is 0.275 e. The summed E-state index contributed by atoms with van der Waals surface area (Å²) in [6.07, 6.45) is 0. The monoisotopic (exact) mass is 361 g/mol. The number of nitro groups is 1. The van der Waals surface area contributed by atoms with Gasteiger partial charge in [0.25, 0.3) is 11.6 Å². The molecule has 0 aliphatic heterocycles. The highest BCUT2D eigenvalue weighted by Gasteiger charge is 2.12. The third-order valence-corrected chi connectivity index (χ3v) is 3.77. The molecule has 0 aliphatic carbocycles. The van der Waals surface area contributed by atoms with Crippen LogP contribution in [0.2, 0.25) is 0 Å². The molecule has 8 heteroatoms. The molecular weight excluding hydrogens is 339 g/mol. The second-order valence-electron chi connectivity index (χ2n) is 5.98. The zero-order valence-electron chi connectivity index (χ0n) is 14.5. The normalized spacial score (nSPS) is 11.6. The number of nitro benzene ring substituents is 1. The fourth-order valence-electron chi connectivity index (χ4n) is 2.48. The first kappa shape index (κ1) is 19.3. The van der Waals surface area contributed by atoms with Gasteiger partial charge in [0.15, 0.2) is 6.54 Å². The van der Waals surface area contributed by atoms with Crippen LogP contribution in [0.5, 0.6) is 0 Å². The highest BCUT2D eigenvalue weighted by Crippen LogP contribution is 2.14. The molecule has 0 bridgehead atoms. The Kier molecular flexibility index (Phi) is 7.04. The number of anilines is 1. The standard InChI is InChI=1S/C18H21FN4O3/c1-22(12-14-4-2-3-5-17(14)19)13-18(24)21-11-10-20-15-6-8-16(9-7-15)23(25)26/h2-9,20H,10-13H2,1H3,(H,21,24)/p+1. The number of non-ortho nitro benzene ring substituents is 1. The second-order valence-corrected chi connectivity index (χ2v) is 5.98. The second kappa shape index (κ2) is 9.47. The maximum absolute atomic E-state index is 13.6. The number of carbonyl (C=O) groups excluding carboxylic acids is 1. The van der Waals surface area contributed by atoms with Crippen LogP contribution in [-0.4, -0.2) is 37.5 Å². The molecule has 1 atom stereocenters. The van der Waals surface area contributed by atoms with E-state index in [-0.39, 0.29) is 24.0 Å². The largest absolute Gasteiger partial charge is 0.383 e. The molecule has 1 amide bonds. The predicted octanol–water partition coefficient (Wildman–Crippen LogP) is 0.977. The van der Waals surface area contributed by atoms with Gasteiger partial charge in [0, 0.05) is 36.5 Å². The van der Waals surface area contributed by atoms with Crippen LogP contribution in [0.1, 0.15) is 5.56 Å². The van der Waals surface area contributed by atoms with Crippen molar-refractivity contribution in [3.05, 3.63) is 70.0 Å². The predicted molar refractivity (Wildman–Crippen MR) is 96.5 cm³/mol. The summed E-state index contributed by atoms with van der Waals surface area (Å²) in [5, 5.41) is 16.4. The first-order chi connectivity index (χ1) is 12.5. The van der Waals surface area contributed by atoms with Crippen LogP contribution in [0, 0.1) is 15.9 Å². The molecule has 0 heterocycles. The van der Waals surface area contributed by atoms with Crippen molar-refractivity contribution in [3.8, 4) is 0 Å². The lowest BCUT2D eigenvalue weighted by atomic mass is 10.2. The van der Waals surface area contributed by atoms with Crippen molar-refractivity contribution in [2.45, 2.75) is 6.54 Å². The summed E-state index contributed by atoms with van der Waals surface area (Å²) in [4.78, 5) is 22.9. The van der Waals surface area contributed by atoms with Gasteiger partial charge in [0.2, 0.25) is 0 Å². The minimum absolute atomic E-state index is 0.0321. The molecule has 26 heavy (non-hydrogen) atoms. The Balaban J connectivity index is 1.67. The summed E-state index contributed by atoms with van der Waals surface area (Å²) < 4.78 is 13.6. The molecule has 0 spiro atoms. The summed E-state index contributed by atoms with van der Waals surface area (Å²) in [6, 6.07) is 12.6. The molecule has 2 aromatic rings. The molecule has 1 unspecified atom stereocenters. The molecular formula is C18H22FN4O3+. The van der Waals surface area contributed by atoms with E-state index >= 15 is 0 Å². The van der Waals surface area contributed by atoms with Crippen molar-refractivity contribution in [1.82, 2.24) is 5.32 Å². The van der Waals surface area contributed by atoms with Crippen LogP contribution >= 0.6 is 0 Å². The van der Waals surface area contributed by atoms with E-state index in [1.165, 1.54) is 18.2 Å². The highest BCUT2D eigenvalue weighted by molar-refractivity contribution is 5.76. The minimum atomic E-state index is -0.454. The third-order valence-electron chi connectivity index (χ3n) is 3.77. The van der Waals surface area contributed by atoms with Gasteiger partial charge in [-0.3, -0.25) is 14.9 Å². The van der Waals surface area contributed by atoms with Gasteiger partial charge in [0.05, 0.1) is 12.0 Å². The summed E-state index contributed by atoms with van der Waals surface area (Å²) >= 11 is 0. The van der Waals surface area contributed by atoms with E-state index in [0.717, 1.165) is 10.6 Å². The van der Waals surface area contributed by atoms with E-state index in [2.05, 4.69) is 10.6 Å². The fourth-order valence-corrected chi connectivity index (χ4v) is 2.48. The molecule has 0 aromatic heterocycles. The summed E-state index contributed by atoms with van der Waals surface area (Å²) in [7, 11) is 1.83. The molecule has 2 aromatic carbocycles. The van der Waals surface area contributed by atoms with Crippen molar-refractivity contribution in [2.75, 3.05) is 32.0 Å². The Bertz CT molecular complexity index is 752. The van der Waals surface area contributed by atoms with Crippen molar-refractivity contribution in [1.29, 1.82) is 0 Å². The van der Waals surface area contributed by atoms with Gasteiger partial charge in [-0.05, 0) is 18.2 Å². The van der Waals surface area contributed by atoms with Gasteiger partial charge >= 0.3 is 0 Å². The number of nitrogens with one attached hydrogen (secondary N) is 3. The van der Waals surface area contributed by atoms with Crippen molar-refractivity contribution in [3.63, 3.8) is 0 Å². The molecule has 138 valence electrons. The van der Waals surface area contributed by atoms with Gasteiger partial charge in [-0.15, -0.1) is 0 Å². The SMILES string of the molecule is C[NH+](CC(=O)NCCNc1ccc([N+](=O)[O-])cc1)Cc1ccccc1F. The fraction of sp³-hybridized carbons (Fsp3) is 0.278. The number of carbonyl (C=O) groups is 1. The van der Waals surface area contributed by atoms with Crippen LogP contribution in [-0.2, 0) is 11.3 Å². The average molecular weight is 361 g/mol. The van der Waals surface area contributed by atoms with Crippen LogP contribution in [0.25, 0.3) is 0 Å². The smallest absolute Gasteiger partial charge is 0.275 e. The van der Waals surface area contributed by atoms with Gasteiger partial charge in [-0.25, -0.2) is 4.39 Å². The van der Waals surface area contributed by atoms with E-state index in [0.29, 0.717) is 25.2 Å². The zero-order valence-corrected chi connectivity index (χ0v) is 14.5. The zero-order chi connectivity index (χ0) is 18.9. The van der Waals surface area contributed by atoms with E-state index in [1.54, 1.807) is 30.3 Å². The van der Waals surface area contributed by atoms with E-state index in [1.807, 2.05) is 7.05 Å². The number of nitrogens with zero attached hydrogens (tertiary/aromatic N) is 1. The number of halogens is 1. The Morgan fingerprint density at radius 2 is 1.85 bits per heavy atom. The van der Waals surface area contributed by atoms with E-state index in [4.69, 9.17) is 0 Å². The summed E-state index contributed by atoms with van der Waals surface area (Å²) in [5.41, 5.74) is 1.36. The van der Waals surface area contributed by atoms with Crippen LogP contribution in [0.4, 0.5) is 15.8 Å². The third kappa shape index (κ3) is 6.14. The lowest BCUT2D eigenvalue weighted by Crippen LogP contribution is -3.09. The minimum Gasteiger partial charge on any atom is -0.383 e.